The lowest BCUT2D eigenvalue weighted by Gasteiger charge is -2.23. The second kappa shape index (κ2) is 10.8. The fraction of sp³-hybridized carbons (Fsp3) is 0.348. The number of rotatable bonds is 7. The van der Waals surface area contributed by atoms with Crippen LogP contribution in [-0.4, -0.2) is 37.4 Å². The largest absolute Gasteiger partial charge is 0.376 e. The molecule has 1 aliphatic carbocycles. The minimum atomic E-state index is -0.267. The molecule has 0 saturated heterocycles. The Morgan fingerprint density at radius 3 is 2.29 bits per heavy atom. The summed E-state index contributed by atoms with van der Waals surface area (Å²) in [5.74, 6) is -0.658. The van der Waals surface area contributed by atoms with Crippen LogP contribution in [0.1, 0.15) is 52.8 Å². The van der Waals surface area contributed by atoms with Crippen LogP contribution < -0.4 is 21.3 Å². The van der Waals surface area contributed by atoms with Crippen molar-refractivity contribution in [2.24, 2.45) is 0 Å². The highest BCUT2D eigenvalue weighted by Crippen LogP contribution is 2.23. The molecule has 0 aromatic heterocycles. The molecular formula is C23H27ClN4O3. The standard InChI is InChI=1S/C23H27ClN4O3/c1-25-22(30)15-7-9-16(10-8-15)26-14-21(29)27-18-11-12-20(24)19(13-18)23(31)28-17-5-3-2-4-6-17/h7-13,17,26H,2-6,14H2,1H3,(H,25,30)(H,27,29)(H,28,31). The first-order chi connectivity index (χ1) is 15.0. The maximum absolute atomic E-state index is 12.6. The number of carbonyl (C=O) groups excluding carboxylic acids is 3. The van der Waals surface area contributed by atoms with Gasteiger partial charge in [-0.15, -0.1) is 0 Å². The minimum Gasteiger partial charge on any atom is -0.376 e. The predicted molar refractivity (Wildman–Crippen MR) is 123 cm³/mol. The molecule has 7 nitrogen and oxygen atoms in total. The predicted octanol–water partition coefficient (Wildman–Crippen LogP) is 3.81. The SMILES string of the molecule is CNC(=O)c1ccc(NCC(=O)Nc2ccc(Cl)c(C(=O)NC3CCCCC3)c2)cc1. The average molecular weight is 443 g/mol. The number of halogens is 1. The van der Waals surface area contributed by atoms with E-state index in [2.05, 4.69) is 21.3 Å². The van der Waals surface area contributed by atoms with Crippen molar-refractivity contribution in [1.29, 1.82) is 0 Å². The van der Waals surface area contributed by atoms with Crippen LogP contribution in [0.4, 0.5) is 11.4 Å². The number of anilines is 2. The van der Waals surface area contributed by atoms with E-state index < -0.39 is 0 Å². The molecule has 1 fully saturated rings. The summed E-state index contributed by atoms with van der Waals surface area (Å²) in [7, 11) is 1.57. The van der Waals surface area contributed by atoms with E-state index in [1.807, 2.05) is 0 Å². The van der Waals surface area contributed by atoms with Crippen molar-refractivity contribution < 1.29 is 14.4 Å². The van der Waals surface area contributed by atoms with E-state index in [1.54, 1.807) is 49.5 Å². The lowest BCUT2D eigenvalue weighted by molar-refractivity contribution is -0.114. The smallest absolute Gasteiger partial charge is 0.253 e. The maximum Gasteiger partial charge on any atom is 0.253 e. The van der Waals surface area contributed by atoms with Gasteiger partial charge < -0.3 is 21.3 Å². The highest BCUT2D eigenvalue weighted by molar-refractivity contribution is 6.34. The van der Waals surface area contributed by atoms with Crippen molar-refractivity contribution in [2.45, 2.75) is 38.1 Å². The van der Waals surface area contributed by atoms with Crippen LogP contribution in [0.2, 0.25) is 5.02 Å². The van der Waals surface area contributed by atoms with E-state index in [-0.39, 0.29) is 30.3 Å². The zero-order valence-corrected chi connectivity index (χ0v) is 18.2. The highest BCUT2D eigenvalue weighted by atomic mass is 35.5. The van der Waals surface area contributed by atoms with Crippen LogP contribution in [0.3, 0.4) is 0 Å². The van der Waals surface area contributed by atoms with Gasteiger partial charge in [0, 0.05) is 30.0 Å². The normalized spacial score (nSPS) is 13.9. The van der Waals surface area contributed by atoms with E-state index in [9.17, 15) is 14.4 Å². The highest BCUT2D eigenvalue weighted by Gasteiger charge is 2.19. The molecule has 0 unspecified atom stereocenters. The van der Waals surface area contributed by atoms with E-state index in [0.29, 0.717) is 27.5 Å². The molecule has 1 aliphatic rings. The lowest BCUT2D eigenvalue weighted by Crippen LogP contribution is -2.36. The van der Waals surface area contributed by atoms with Gasteiger partial charge in [0.05, 0.1) is 17.1 Å². The van der Waals surface area contributed by atoms with E-state index >= 15 is 0 Å². The van der Waals surface area contributed by atoms with Crippen LogP contribution in [0.15, 0.2) is 42.5 Å². The Morgan fingerprint density at radius 2 is 1.61 bits per heavy atom. The van der Waals surface area contributed by atoms with Gasteiger partial charge in [0.25, 0.3) is 11.8 Å². The molecule has 3 amide bonds. The molecular weight excluding hydrogens is 416 g/mol. The molecule has 0 spiro atoms. The summed E-state index contributed by atoms with van der Waals surface area (Å²) in [4.78, 5) is 36.5. The summed E-state index contributed by atoms with van der Waals surface area (Å²) in [6.45, 7) is 0.0333. The third-order valence-electron chi connectivity index (χ3n) is 5.26. The molecule has 0 radical (unpaired) electrons. The third-order valence-corrected chi connectivity index (χ3v) is 5.59. The van der Waals surface area contributed by atoms with Gasteiger partial charge in [-0.2, -0.15) is 0 Å². The molecule has 4 N–H and O–H groups in total. The van der Waals surface area contributed by atoms with Gasteiger partial charge in [0.1, 0.15) is 0 Å². The molecule has 1 saturated carbocycles. The van der Waals surface area contributed by atoms with Crippen LogP contribution in [-0.2, 0) is 4.79 Å². The number of amides is 3. The Kier molecular flexibility index (Phi) is 7.89. The number of nitrogens with one attached hydrogen (secondary N) is 4. The second-order valence-electron chi connectivity index (χ2n) is 7.56. The Morgan fingerprint density at radius 1 is 0.935 bits per heavy atom. The summed E-state index contributed by atoms with van der Waals surface area (Å²) in [6, 6.07) is 11.9. The van der Waals surface area contributed by atoms with Crippen molar-refractivity contribution in [1.82, 2.24) is 10.6 Å². The molecule has 2 aromatic carbocycles. The molecule has 31 heavy (non-hydrogen) atoms. The molecule has 0 atom stereocenters. The van der Waals surface area contributed by atoms with Crippen molar-refractivity contribution in [3.63, 3.8) is 0 Å². The number of hydrogen-bond acceptors (Lipinski definition) is 4. The Bertz CT molecular complexity index is 940. The zero-order chi connectivity index (χ0) is 22.2. The molecule has 2 aromatic rings. The first-order valence-corrected chi connectivity index (χ1v) is 10.8. The molecule has 3 rings (SSSR count). The van der Waals surface area contributed by atoms with Crippen LogP contribution in [0.25, 0.3) is 0 Å². The Balaban J connectivity index is 1.55. The average Bonchev–Trinajstić information content (AvgIpc) is 2.79. The number of hydrogen-bond donors (Lipinski definition) is 4. The van der Waals surface area contributed by atoms with Crippen LogP contribution in [0, 0.1) is 0 Å². The van der Waals surface area contributed by atoms with E-state index in [4.69, 9.17) is 11.6 Å². The first kappa shape index (κ1) is 22.6. The fourth-order valence-corrected chi connectivity index (χ4v) is 3.76. The number of benzene rings is 2. The molecule has 8 heteroatoms. The maximum atomic E-state index is 12.6. The van der Waals surface area contributed by atoms with Crippen molar-refractivity contribution >= 4 is 40.7 Å². The summed E-state index contributed by atoms with van der Waals surface area (Å²) in [5, 5.41) is 11.7. The second-order valence-corrected chi connectivity index (χ2v) is 7.97. The molecule has 0 aliphatic heterocycles. The fourth-order valence-electron chi connectivity index (χ4n) is 3.56. The van der Waals surface area contributed by atoms with Gasteiger partial charge in [0.15, 0.2) is 0 Å². The van der Waals surface area contributed by atoms with Crippen molar-refractivity contribution in [3.05, 3.63) is 58.6 Å². The van der Waals surface area contributed by atoms with Gasteiger partial charge >= 0.3 is 0 Å². The topological polar surface area (TPSA) is 99.3 Å². The Hall–Kier alpha value is -3.06. The van der Waals surface area contributed by atoms with Crippen molar-refractivity contribution in [2.75, 3.05) is 24.2 Å². The Labute approximate surface area is 186 Å². The third kappa shape index (κ3) is 6.46. The van der Waals surface area contributed by atoms with Gasteiger partial charge in [0.2, 0.25) is 5.91 Å². The minimum absolute atomic E-state index is 0.0333. The molecule has 0 heterocycles. The zero-order valence-electron chi connectivity index (χ0n) is 17.5. The van der Waals surface area contributed by atoms with Gasteiger partial charge in [-0.3, -0.25) is 14.4 Å². The summed E-state index contributed by atoms with van der Waals surface area (Å²) in [5.41, 5.74) is 2.10. The number of carbonyl (C=O) groups is 3. The van der Waals surface area contributed by atoms with Crippen molar-refractivity contribution in [3.8, 4) is 0 Å². The lowest BCUT2D eigenvalue weighted by atomic mass is 9.95. The van der Waals surface area contributed by atoms with Crippen LogP contribution in [0.5, 0.6) is 0 Å². The summed E-state index contributed by atoms with van der Waals surface area (Å²) < 4.78 is 0. The van der Waals surface area contributed by atoms with E-state index in [0.717, 1.165) is 25.7 Å². The van der Waals surface area contributed by atoms with Gasteiger partial charge in [-0.05, 0) is 55.3 Å². The quantitative estimate of drug-likeness (QED) is 0.524. The van der Waals surface area contributed by atoms with E-state index in [1.165, 1.54) is 6.42 Å². The molecule has 164 valence electrons. The van der Waals surface area contributed by atoms with Crippen LogP contribution >= 0.6 is 11.6 Å². The monoisotopic (exact) mass is 442 g/mol. The summed E-state index contributed by atoms with van der Waals surface area (Å²) >= 11 is 6.22. The first-order valence-electron chi connectivity index (χ1n) is 10.4. The van der Waals surface area contributed by atoms with Gasteiger partial charge in [-0.25, -0.2) is 0 Å². The van der Waals surface area contributed by atoms with Gasteiger partial charge in [-0.1, -0.05) is 30.9 Å². The molecule has 0 bridgehead atoms. The summed E-state index contributed by atoms with van der Waals surface area (Å²) in [6.07, 6.45) is 5.42.